The van der Waals surface area contributed by atoms with Crippen LogP contribution in [0, 0.1) is 12.7 Å². The van der Waals surface area contributed by atoms with E-state index < -0.39 is 0 Å². The summed E-state index contributed by atoms with van der Waals surface area (Å²) in [4.78, 5) is 16.5. The molecule has 0 bridgehead atoms. The summed E-state index contributed by atoms with van der Waals surface area (Å²) in [5.74, 6) is 0.711. The van der Waals surface area contributed by atoms with Crippen LogP contribution in [0.1, 0.15) is 36.3 Å². The molecule has 3 rings (SSSR count). The molecular formula is C19H24FN3O2. The van der Waals surface area contributed by atoms with E-state index in [1.54, 1.807) is 6.07 Å². The lowest BCUT2D eigenvalue weighted by Crippen LogP contribution is -2.33. The lowest BCUT2D eigenvalue weighted by molar-refractivity contribution is -0.131. The highest BCUT2D eigenvalue weighted by atomic mass is 19.1. The van der Waals surface area contributed by atoms with Gasteiger partial charge in [-0.05, 0) is 44.5 Å². The number of likely N-dealkylation sites (tertiary alicyclic amines) is 1. The fourth-order valence-corrected chi connectivity index (χ4v) is 3.35. The number of aromatic nitrogens is 1. The van der Waals surface area contributed by atoms with Crippen LogP contribution in [0.2, 0.25) is 0 Å². The van der Waals surface area contributed by atoms with Crippen LogP contribution in [-0.4, -0.2) is 40.5 Å². The monoisotopic (exact) mass is 345 g/mol. The van der Waals surface area contributed by atoms with Gasteiger partial charge < -0.3 is 9.42 Å². The number of carbonyl (C=O) groups excluding carboxylic acids is 1. The SMILES string of the molecule is Cc1cc(CN(C)C2CCC(=O)N(Cc3cccc(F)c3)CC2)on1. The number of carbonyl (C=O) groups is 1. The first-order valence-electron chi connectivity index (χ1n) is 8.66. The molecule has 2 aromatic rings. The summed E-state index contributed by atoms with van der Waals surface area (Å²) in [5, 5.41) is 3.92. The Morgan fingerprint density at radius 2 is 2.20 bits per heavy atom. The Morgan fingerprint density at radius 1 is 1.36 bits per heavy atom. The van der Waals surface area contributed by atoms with Gasteiger partial charge >= 0.3 is 0 Å². The van der Waals surface area contributed by atoms with Crippen molar-refractivity contribution in [2.45, 2.75) is 45.3 Å². The molecule has 0 saturated carbocycles. The third kappa shape index (κ3) is 4.66. The molecular weight excluding hydrogens is 321 g/mol. The van der Waals surface area contributed by atoms with Crippen LogP contribution in [-0.2, 0) is 17.9 Å². The largest absolute Gasteiger partial charge is 0.360 e. The lowest BCUT2D eigenvalue weighted by Gasteiger charge is -2.26. The van der Waals surface area contributed by atoms with E-state index in [4.69, 9.17) is 4.52 Å². The van der Waals surface area contributed by atoms with Crippen molar-refractivity contribution in [1.29, 1.82) is 0 Å². The Bertz CT molecular complexity index is 731. The first-order chi connectivity index (χ1) is 12.0. The normalized spacial score (nSPS) is 18.6. The zero-order chi connectivity index (χ0) is 17.8. The van der Waals surface area contributed by atoms with Crippen molar-refractivity contribution >= 4 is 5.91 Å². The van der Waals surface area contributed by atoms with E-state index in [9.17, 15) is 9.18 Å². The molecule has 0 spiro atoms. The molecule has 1 saturated heterocycles. The maximum atomic E-state index is 13.4. The zero-order valence-corrected chi connectivity index (χ0v) is 14.7. The van der Waals surface area contributed by atoms with Crippen LogP contribution in [0.4, 0.5) is 4.39 Å². The predicted molar refractivity (Wildman–Crippen MR) is 92.2 cm³/mol. The minimum atomic E-state index is -0.264. The quantitative estimate of drug-likeness (QED) is 0.835. The summed E-state index contributed by atoms with van der Waals surface area (Å²) >= 11 is 0. The van der Waals surface area contributed by atoms with E-state index in [1.807, 2.05) is 24.0 Å². The molecule has 1 aromatic carbocycles. The number of halogens is 1. The first-order valence-corrected chi connectivity index (χ1v) is 8.66. The highest BCUT2D eigenvalue weighted by Crippen LogP contribution is 2.20. The van der Waals surface area contributed by atoms with Gasteiger partial charge in [-0.25, -0.2) is 4.39 Å². The molecule has 6 heteroatoms. The molecule has 1 unspecified atom stereocenters. The molecule has 1 amide bonds. The van der Waals surface area contributed by atoms with Gasteiger partial charge in [-0.15, -0.1) is 0 Å². The van der Waals surface area contributed by atoms with Crippen LogP contribution in [0.25, 0.3) is 0 Å². The van der Waals surface area contributed by atoms with Gasteiger partial charge in [0.25, 0.3) is 0 Å². The number of benzene rings is 1. The topological polar surface area (TPSA) is 49.6 Å². The summed E-state index contributed by atoms with van der Waals surface area (Å²) in [6.45, 7) is 3.74. The number of hydrogen-bond donors (Lipinski definition) is 0. The molecule has 1 atom stereocenters. The standard InChI is InChI=1S/C19H24FN3O2/c1-14-10-18(25-21-14)13-22(2)17-6-7-19(24)23(9-8-17)12-15-4-3-5-16(20)11-15/h3-5,10-11,17H,6-9,12-13H2,1-2H3. The molecule has 5 nitrogen and oxygen atoms in total. The first kappa shape index (κ1) is 17.6. The molecule has 134 valence electrons. The number of hydrogen-bond acceptors (Lipinski definition) is 4. The zero-order valence-electron chi connectivity index (χ0n) is 14.7. The Morgan fingerprint density at radius 3 is 2.92 bits per heavy atom. The second kappa shape index (κ2) is 7.78. The van der Waals surface area contributed by atoms with E-state index in [0.29, 0.717) is 32.1 Å². The van der Waals surface area contributed by atoms with E-state index in [0.717, 1.165) is 29.9 Å². The van der Waals surface area contributed by atoms with Crippen LogP contribution < -0.4 is 0 Å². The van der Waals surface area contributed by atoms with Gasteiger partial charge in [0.05, 0.1) is 12.2 Å². The second-order valence-corrected chi connectivity index (χ2v) is 6.78. The fourth-order valence-electron chi connectivity index (χ4n) is 3.35. The molecule has 25 heavy (non-hydrogen) atoms. The molecule has 1 aliphatic heterocycles. The van der Waals surface area contributed by atoms with Gasteiger partial charge in [-0.3, -0.25) is 9.69 Å². The maximum Gasteiger partial charge on any atom is 0.222 e. The van der Waals surface area contributed by atoms with Gasteiger partial charge in [-0.1, -0.05) is 17.3 Å². The van der Waals surface area contributed by atoms with Crippen LogP contribution in [0.3, 0.4) is 0 Å². The second-order valence-electron chi connectivity index (χ2n) is 6.78. The molecule has 1 aromatic heterocycles. The van der Waals surface area contributed by atoms with E-state index >= 15 is 0 Å². The maximum absolute atomic E-state index is 13.4. The van der Waals surface area contributed by atoms with Crippen LogP contribution >= 0.6 is 0 Å². The van der Waals surface area contributed by atoms with Crippen LogP contribution in [0.5, 0.6) is 0 Å². The predicted octanol–water partition coefficient (Wildman–Crippen LogP) is 3.14. The Balaban J connectivity index is 1.59. The van der Waals surface area contributed by atoms with Gasteiger partial charge in [0.15, 0.2) is 5.76 Å². The summed E-state index contributed by atoms with van der Waals surface area (Å²) in [6.07, 6.45) is 2.23. The molecule has 2 heterocycles. The summed E-state index contributed by atoms with van der Waals surface area (Å²) in [5.41, 5.74) is 1.71. The van der Waals surface area contributed by atoms with E-state index in [2.05, 4.69) is 17.1 Å². The van der Waals surface area contributed by atoms with Gasteiger partial charge in [0.2, 0.25) is 5.91 Å². The van der Waals surface area contributed by atoms with E-state index in [1.165, 1.54) is 12.1 Å². The van der Waals surface area contributed by atoms with Gasteiger partial charge in [0, 0.05) is 31.6 Å². The van der Waals surface area contributed by atoms with Crippen molar-refractivity contribution in [3.63, 3.8) is 0 Å². The molecule has 1 fully saturated rings. The summed E-state index contributed by atoms with van der Waals surface area (Å²) in [7, 11) is 2.05. The molecule has 1 aliphatic rings. The van der Waals surface area contributed by atoms with Crippen molar-refractivity contribution in [2.75, 3.05) is 13.6 Å². The van der Waals surface area contributed by atoms with Gasteiger partial charge in [-0.2, -0.15) is 0 Å². The molecule has 0 N–H and O–H groups in total. The highest BCUT2D eigenvalue weighted by Gasteiger charge is 2.25. The average Bonchev–Trinajstić information content (AvgIpc) is 2.88. The average molecular weight is 345 g/mol. The Hall–Kier alpha value is -2.21. The van der Waals surface area contributed by atoms with E-state index in [-0.39, 0.29) is 11.7 Å². The molecule has 0 aliphatic carbocycles. The fraction of sp³-hybridized carbons (Fsp3) is 0.474. The van der Waals surface area contributed by atoms with Crippen molar-refractivity contribution in [2.24, 2.45) is 0 Å². The van der Waals surface area contributed by atoms with Crippen molar-refractivity contribution < 1.29 is 13.7 Å². The number of rotatable bonds is 5. The third-order valence-electron chi connectivity index (χ3n) is 4.74. The smallest absolute Gasteiger partial charge is 0.222 e. The number of amides is 1. The lowest BCUT2D eigenvalue weighted by atomic mass is 10.1. The number of nitrogens with zero attached hydrogens (tertiary/aromatic N) is 3. The summed E-state index contributed by atoms with van der Waals surface area (Å²) < 4.78 is 18.6. The Kier molecular flexibility index (Phi) is 5.48. The minimum Gasteiger partial charge on any atom is -0.360 e. The minimum absolute atomic E-state index is 0.135. The molecule has 0 radical (unpaired) electrons. The summed E-state index contributed by atoms with van der Waals surface area (Å²) in [6, 6.07) is 8.71. The Labute approximate surface area is 147 Å². The van der Waals surface area contributed by atoms with Gasteiger partial charge in [0.1, 0.15) is 5.82 Å². The van der Waals surface area contributed by atoms with Crippen molar-refractivity contribution in [1.82, 2.24) is 15.0 Å². The number of aryl methyl sites for hydroxylation is 1. The highest BCUT2D eigenvalue weighted by molar-refractivity contribution is 5.76. The van der Waals surface area contributed by atoms with Crippen molar-refractivity contribution in [3.05, 3.63) is 53.2 Å². The van der Waals surface area contributed by atoms with Crippen LogP contribution in [0.15, 0.2) is 34.9 Å². The third-order valence-corrected chi connectivity index (χ3v) is 4.74. The van der Waals surface area contributed by atoms with Crippen molar-refractivity contribution in [3.8, 4) is 0 Å².